The van der Waals surface area contributed by atoms with Crippen molar-refractivity contribution in [1.82, 2.24) is 10.2 Å². The number of carbonyl (C=O) groups is 2. The van der Waals surface area contributed by atoms with Gasteiger partial charge in [0.15, 0.2) is 0 Å². The van der Waals surface area contributed by atoms with Crippen LogP contribution in [-0.2, 0) is 9.59 Å². The highest BCUT2D eigenvalue weighted by Gasteiger charge is 2.07. The maximum absolute atomic E-state index is 11.8. The molecule has 110 valence electrons. The number of rotatable bonds is 7. The van der Waals surface area contributed by atoms with Gasteiger partial charge in [-0.2, -0.15) is 0 Å². The molecule has 0 aliphatic carbocycles. The first kappa shape index (κ1) is 16.0. The first-order chi connectivity index (χ1) is 9.51. The van der Waals surface area contributed by atoms with E-state index in [4.69, 9.17) is 4.74 Å². The van der Waals surface area contributed by atoms with Gasteiger partial charge in [0, 0.05) is 31.8 Å². The predicted octanol–water partition coefficient (Wildman–Crippen LogP) is 0.702. The number of hydrogen-bond donors (Lipinski definition) is 2. The predicted molar refractivity (Wildman–Crippen MR) is 77.8 cm³/mol. The number of hydrogen-bond acceptors (Lipinski definition) is 4. The average Bonchev–Trinajstić information content (AvgIpc) is 2.38. The van der Waals surface area contributed by atoms with Crippen LogP contribution in [0.4, 0.5) is 5.69 Å². The molecule has 0 aliphatic rings. The van der Waals surface area contributed by atoms with Crippen molar-refractivity contribution in [2.75, 3.05) is 39.1 Å². The number of benzene rings is 1. The van der Waals surface area contributed by atoms with Gasteiger partial charge in [0.25, 0.3) is 0 Å². The second-order valence-corrected chi connectivity index (χ2v) is 4.50. The lowest BCUT2D eigenvalue weighted by Crippen LogP contribution is -2.36. The van der Waals surface area contributed by atoms with Crippen molar-refractivity contribution < 1.29 is 14.3 Å². The van der Waals surface area contributed by atoms with Crippen LogP contribution in [0.3, 0.4) is 0 Å². The molecule has 0 atom stereocenters. The summed E-state index contributed by atoms with van der Waals surface area (Å²) < 4.78 is 5.09. The van der Waals surface area contributed by atoms with Gasteiger partial charge in [-0.05, 0) is 19.2 Å². The number of nitrogens with one attached hydrogen (secondary N) is 2. The molecule has 0 aliphatic heterocycles. The first-order valence-electron chi connectivity index (χ1n) is 6.38. The minimum absolute atomic E-state index is 0.0702. The molecule has 20 heavy (non-hydrogen) atoms. The van der Waals surface area contributed by atoms with E-state index >= 15 is 0 Å². The second-order valence-electron chi connectivity index (χ2n) is 4.50. The Bertz CT molecular complexity index is 463. The smallest absolute Gasteiger partial charge is 0.238 e. The average molecular weight is 279 g/mol. The monoisotopic (exact) mass is 279 g/mol. The molecule has 0 spiro atoms. The van der Waals surface area contributed by atoms with Gasteiger partial charge in [-0.1, -0.05) is 6.07 Å². The lowest BCUT2D eigenvalue weighted by molar-refractivity contribution is -0.118. The summed E-state index contributed by atoms with van der Waals surface area (Å²) in [6.07, 6.45) is 0. The summed E-state index contributed by atoms with van der Waals surface area (Å²) >= 11 is 0. The van der Waals surface area contributed by atoms with Crippen LogP contribution in [-0.4, -0.2) is 50.5 Å². The summed E-state index contributed by atoms with van der Waals surface area (Å²) in [6, 6.07) is 7.19. The molecule has 0 fully saturated rings. The van der Waals surface area contributed by atoms with Crippen LogP contribution in [0.1, 0.15) is 6.92 Å². The Morgan fingerprint density at radius 2 is 2.10 bits per heavy atom. The van der Waals surface area contributed by atoms with Gasteiger partial charge < -0.3 is 15.4 Å². The molecule has 0 saturated heterocycles. The van der Waals surface area contributed by atoms with Gasteiger partial charge in [-0.25, -0.2) is 0 Å². The summed E-state index contributed by atoms with van der Waals surface area (Å²) in [5, 5.41) is 5.48. The van der Waals surface area contributed by atoms with Gasteiger partial charge in [-0.15, -0.1) is 0 Å². The Hall–Kier alpha value is -2.08. The summed E-state index contributed by atoms with van der Waals surface area (Å²) in [7, 11) is 3.41. The van der Waals surface area contributed by atoms with E-state index in [1.54, 1.807) is 19.2 Å². The number of likely N-dealkylation sites (N-methyl/N-ethyl adjacent to an activating group) is 1. The molecule has 2 N–H and O–H groups in total. The van der Waals surface area contributed by atoms with E-state index in [0.29, 0.717) is 24.5 Å². The summed E-state index contributed by atoms with van der Waals surface area (Å²) in [4.78, 5) is 24.4. The molecule has 0 unspecified atom stereocenters. The normalized spacial score (nSPS) is 10.2. The Morgan fingerprint density at radius 3 is 2.75 bits per heavy atom. The Balaban J connectivity index is 2.36. The number of ether oxygens (including phenoxy) is 1. The zero-order valence-electron chi connectivity index (χ0n) is 12.1. The molecule has 0 bridgehead atoms. The third-order valence-corrected chi connectivity index (χ3v) is 2.63. The van der Waals surface area contributed by atoms with E-state index < -0.39 is 0 Å². The number of carbonyl (C=O) groups excluding carboxylic acids is 2. The van der Waals surface area contributed by atoms with Crippen molar-refractivity contribution in [3.63, 3.8) is 0 Å². The fourth-order valence-electron chi connectivity index (χ4n) is 1.65. The SMILES string of the molecule is COc1cccc(NC(=O)CN(C)CCNC(C)=O)c1. The van der Waals surface area contributed by atoms with Crippen molar-refractivity contribution in [2.24, 2.45) is 0 Å². The molecule has 0 saturated carbocycles. The van der Waals surface area contributed by atoms with Crippen molar-refractivity contribution in [3.8, 4) is 5.75 Å². The third kappa shape index (κ3) is 6.19. The Labute approximate surface area is 119 Å². The molecule has 0 radical (unpaired) electrons. The number of amides is 2. The molecular formula is C14H21N3O3. The maximum atomic E-state index is 11.8. The van der Waals surface area contributed by atoms with E-state index in [9.17, 15) is 9.59 Å². The number of nitrogens with zero attached hydrogens (tertiary/aromatic N) is 1. The number of methoxy groups -OCH3 is 1. The van der Waals surface area contributed by atoms with Crippen LogP contribution in [0, 0.1) is 0 Å². The van der Waals surface area contributed by atoms with Crippen LogP contribution in [0.25, 0.3) is 0 Å². The van der Waals surface area contributed by atoms with Gasteiger partial charge in [-0.3, -0.25) is 14.5 Å². The largest absolute Gasteiger partial charge is 0.497 e. The minimum atomic E-state index is -0.108. The summed E-state index contributed by atoms with van der Waals surface area (Å²) in [6.45, 7) is 2.87. The second kappa shape index (κ2) is 8.16. The van der Waals surface area contributed by atoms with Crippen LogP contribution in [0.5, 0.6) is 5.75 Å². The number of anilines is 1. The minimum Gasteiger partial charge on any atom is -0.497 e. The zero-order valence-corrected chi connectivity index (χ0v) is 12.1. The van der Waals surface area contributed by atoms with Gasteiger partial charge >= 0.3 is 0 Å². The fraction of sp³-hybridized carbons (Fsp3) is 0.429. The van der Waals surface area contributed by atoms with Crippen LogP contribution >= 0.6 is 0 Å². The van der Waals surface area contributed by atoms with E-state index in [1.165, 1.54) is 6.92 Å². The lowest BCUT2D eigenvalue weighted by atomic mass is 10.3. The highest BCUT2D eigenvalue weighted by atomic mass is 16.5. The van der Waals surface area contributed by atoms with E-state index in [0.717, 1.165) is 0 Å². The molecule has 0 aromatic heterocycles. The molecule has 6 heteroatoms. The molecule has 1 aromatic rings. The standard InChI is InChI=1S/C14H21N3O3/c1-11(18)15-7-8-17(2)10-14(19)16-12-5-4-6-13(9-12)20-3/h4-6,9H,7-8,10H2,1-3H3,(H,15,18)(H,16,19). The van der Waals surface area contributed by atoms with Crippen LogP contribution in [0.15, 0.2) is 24.3 Å². The lowest BCUT2D eigenvalue weighted by Gasteiger charge is -2.16. The van der Waals surface area contributed by atoms with E-state index in [-0.39, 0.29) is 18.4 Å². The maximum Gasteiger partial charge on any atom is 0.238 e. The van der Waals surface area contributed by atoms with Crippen molar-refractivity contribution in [3.05, 3.63) is 24.3 Å². The molecule has 2 amide bonds. The molecule has 1 rings (SSSR count). The molecule has 0 heterocycles. The topological polar surface area (TPSA) is 70.7 Å². The Morgan fingerprint density at radius 1 is 1.35 bits per heavy atom. The molecule has 1 aromatic carbocycles. The van der Waals surface area contributed by atoms with Crippen molar-refractivity contribution >= 4 is 17.5 Å². The highest BCUT2D eigenvalue weighted by Crippen LogP contribution is 2.16. The highest BCUT2D eigenvalue weighted by molar-refractivity contribution is 5.92. The van der Waals surface area contributed by atoms with Crippen molar-refractivity contribution in [2.45, 2.75) is 6.92 Å². The molecule has 6 nitrogen and oxygen atoms in total. The van der Waals surface area contributed by atoms with Gasteiger partial charge in [0.05, 0.1) is 13.7 Å². The van der Waals surface area contributed by atoms with Crippen LogP contribution in [0.2, 0.25) is 0 Å². The third-order valence-electron chi connectivity index (χ3n) is 2.63. The zero-order chi connectivity index (χ0) is 15.0. The Kier molecular flexibility index (Phi) is 6.52. The van der Waals surface area contributed by atoms with E-state index in [2.05, 4.69) is 10.6 Å². The van der Waals surface area contributed by atoms with Crippen molar-refractivity contribution in [1.29, 1.82) is 0 Å². The first-order valence-corrected chi connectivity index (χ1v) is 6.38. The fourth-order valence-corrected chi connectivity index (χ4v) is 1.65. The van der Waals surface area contributed by atoms with E-state index in [1.807, 2.05) is 24.1 Å². The summed E-state index contributed by atoms with van der Waals surface area (Å²) in [5.74, 6) is 0.518. The quantitative estimate of drug-likeness (QED) is 0.771. The van der Waals surface area contributed by atoms with Crippen LogP contribution < -0.4 is 15.4 Å². The van der Waals surface area contributed by atoms with Gasteiger partial charge in [0.2, 0.25) is 11.8 Å². The molecular weight excluding hydrogens is 258 g/mol. The summed E-state index contributed by atoms with van der Waals surface area (Å²) in [5.41, 5.74) is 0.699. The van der Waals surface area contributed by atoms with Gasteiger partial charge in [0.1, 0.15) is 5.75 Å².